The Morgan fingerprint density at radius 3 is 2.19 bits per heavy atom. The third-order valence-electron chi connectivity index (χ3n) is 6.06. The van der Waals surface area contributed by atoms with Gasteiger partial charge in [0.25, 0.3) is 5.91 Å². The first-order chi connectivity index (χ1) is 17.2. The molecule has 2 aromatic rings. The number of carboxylic acid groups (broad SMARTS) is 1. The second kappa shape index (κ2) is 11.8. The smallest absolute Gasteiger partial charge is 0.326 e. The Kier molecular flexibility index (Phi) is 8.82. The molecule has 0 saturated carbocycles. The fraction of sp³-hybridized carbons (Fsp3) is 0.333. The van der Waals surface area contributed by atoms with Gasteiger partial charge in [-0.25, -0.2) is 13.6 Å². The number of carboxylic acids is 1. The molecule has 0 bridgehead atoms. The molecule has 1 amide bonds. The molecule has 0 saturated heterocycles. The normalized spacial score (nSPS) is 17.8. The summed E-state index contributed by atoms with van der Waals surface area (Å²) >= 11 is 0. The Morgan fingerprint density at radius 2 is 1.69 bits per heavy atom. The van der Waals surface area contributed by atoms with Gasteiger partial charge in [0.05, 0.1) is 26.4 Å². The largest absolute Gasteiger partial charge is 0.496 e. The van der Waals surface area contributed by atoms with Crippen LogP contribution in [0.25, 0.3) is 5.57 Å². The summed E-state index contributed by atoms with van der Waals surface area (Å²) in [4.78, 5) is 24.7. The fourth-order valence-electron chi connectivity index (χ4n) is 4.21. The summed E-state index contributed by atoms with van der Waals surface area (Å²) in [5.41, 5.74) is -0.0475. The first-order valence-corrected chi connectivity index (χ1v) is 11.4. The molecular weight excluding hydrogens is 472 g/mol. The van der Waals surface area contributed by atoms with Crippen molar-refractivity contribution in [2.45, 2.75) is 25.8 Å². The number of halogens is 2. The summed E-state index contributed by atoms with van der Waals surface area (Å²) in [5.74, 6) is -3.38. The number of benzene rings is 2. The third-order valence-corrected chi connectivity index (χ3v) is 6.06. The van der Waals surface area contributed by atoms with Gasteiger partial charge >= 0.3 is 5.97 Å². The molecule has 0 radical (unpaired) electrons. The van der Waals surface area contributed by atoms with Crippen molar-refractivity contribution in [1.29, 1.82) is 0 Å². The minimum Gasteiger partial charge on any atom is -0.496 e. The Balaban J connectivity index is 1.89. The minimum atomic E-state index is -1.42. The lowest BCUT2D eigenvalue weighted by Crippen LogP contribution is -2.46. The quantitative estimate of drug-likeness (QED) is 0.467. The van der Waals surface area contributed by atoms with E-state index in [2.05, 4.69) is 5.32 Å². The number of allylic oxidation sites excluding steroid dienone is 3. The maximum Gasteiger partial charge on any atom is 0.326 e. The van der Waals surface area contributed by atoms with Crippen molar-refractivity contribution in [1.82, 2.24) is 5.32 Å². The number of ether oxygens (including phenoxy) is 3. The molecule has 0 heterocycles. The van der Waals surface area contributed by atoms with Crippen LogP contribution in [0.4, 0.5) is 8.78 Å². The lowest BCUT2D eigenvalue weighted by molar-refractivity contribution is -0.140. The second-order valence-corrected chi connectivity index (χ2v) is 8.40. The molecule has 0 aliphatic heterocycles. The SMILES string of the molecule is CCOCC1(C[C@H](NC(=O)c2c(F)cccc2F)C(=O)O)C=CC(c2c(OC)cccc2OC)=CC1. The summed E-state index contributed by atoms with van der Waals surface area (Å²) in [6.07, 6.45) is 5.92. The zero-order chi connectivity index (χ0) is 26.3. The van der Waals surface area contributed by atoms with Crippen LogP contribution in [0.1, 0.15) is 35.7 Å². The van der Waals surface area contributed by atoms with E-state index in [1.165, 1.54) is 0 Å². The molecule has 7 nitrogen and oxygen atoms in total. The van der Waals surface area contributed by atoms with E-state index in [1.54, 1.807) is 14.2 Å². The molecule has 3 rings (SSSR count). The van der Waals surface area contributed by atoms with Crippen LogP contribution in [0.3, 0.4) is 0 Å². The molecule has 2 aromatic carbocycles. The second-order valence-electron chi connectivity index (χ2n) is 8.40. The lowest BCUT2D eigenvalue weighted by atomic mass is 9.75. The maximum absolute atomic E-state index is 14.1. The molecule has 2 atom stereocenters. The van der Waals surface area contributed by atoms with Crippen LogP contribution < -0.4 is 14.8 Å². The highest BCUT2D eigenvalue weighted by Crippen LogP contribution is 2.42. The van der Waals surface area contributed by atoms with Crippen molar-refractivity contribution >= 4 is 17.4 Å². The summed E-state index contributed by atoms with van der Waals surface area (Å²) in [5, 5.41) is 12.1. The molecule has 1 aliphatic rings. The Morgan fingerprint density at radius 1 is 1.08 bits per heavy atom. The van der Waals surface area contributed by atoms with Gasteiger partial charge in [-0.2, -0.15) is 0 Å². The van der Waals surface area contributed by atoms with Gasteiger partial charge in [-0.05, 0) is 49.6 Å². The van der Waals surface area contributed by atoms with Crippen LogP contribution in [0.2, 0.25) is 0 Å². The van der Waals surface area contributed by atoms with E-state index in [1.807, 2.05) is 43.4 Å². The zero-order valence-corrected chi connectivity index (χ0v) is 20.3. The predicted octanol–water partition coefficient (Wildman–Crippen LogP) is 4.62. The number of amides is 1. The molecule has 0 fully saturated rings. The van der Waals surface area contributed by atoms with Crippen molar-refractivity contribution in [3.05, 3.63) is 77.4 Å². The maximum atomic E-state index is 14.1. The van der Waals surface area contributed by atoms with Crippen LogP contribution in [0.5, 0.6) is 11.5 Å². The number of rotatable bonds is 11. The Hall–Kier alpha value is -3.72. The molecule has 192 valence electrons. The molecular formula is C27H29F2NO6. The highest BCUT2D eigenvalue weighted by atomic mass is 19.1. The standard InChI is InChI=1S/C27H29F2NO6/c1-4-36-16-27(13-11-17(12-14-27)23-21(34-2)9-6-10-22(23)35-3)15-20(26(32)33)30-25(31)24-18(28)7-5-8-19(24)29/h5-13,20H,4,14-16H2,1-3H3,(H,30,31)(H,32,33)/t20-,27?/m0/s1. The molecule has 9 heteroatoms. The van der Waals surface area contributed by atoms with E-state index in [0.717, 1.165) is 29.3 Å². The number of hydrogen-bond donors (Lipinski definition) is 2. The van der Waals surface area contributed by atoms with E-state index in [-0.39, 0.29) is 13.0 Å². The van der Waals surface area contributed by atoms with Gasteiger partial charge in [0.2, 0.25) is 0 Å². The first kappa shape index (κ1) is 26.9. The van der Waals surface area contributed by atoms with E-state index >= 15 is 0 Å². The van der Waals surface area contributed by atoms with Gasteiger partial charge in [-0.15, -0.1) is 0 Å². The van der Waals surface area contributed by atoms with Crippen LogP contribution in [-0.4, -0.2) is 50.5 Å². The Labute approximate surface area is 208 Å². The number of carbonyl (C=O) groups is 2. The topological polar surface area (TPSA) is 94.1 Å². The summed E-state index contributed by atoms with van der Waals surface area (Å²) in [6.45, 7) is 2.40. The summed E-state index contributed by atoms with van der Waals surface area (Å²) in [6, 6.07) is 7.02. The zero-order valence-electron chi connectivity index (χ0n) is 20.3. The van der Waals surface area contributed by atoms with Gasteiger partial charge in [-0.1, -0.05) is 30.4 Å². The van der Waals surface area contributed by atoms with Crippen LogP contribution >= 0.6 is 0 Å². The van der Waals surface area contributed by atoms with E-state index < -0.39 is 40.5 Å². The number of hydrogen-bond acceptors (Lipinski definition) is 5. The monoisotopic (exact) mass is 501 g/mol. The van der Waals surface area contributed by atoms with Crippen molar-refractivity contribution in [3.63, 3.8) is 0 Å². The van der Waals surface area contributed by atoms with Gasteiger partial charge in [0.1, 0.15) is 34.7 Å². The molecule has 1 unspecified atom stereocenters. The number of carbonyl (C=O) groups excluding carboxylic acids is 1. The molecule has 0 aromatic heterocycles. The van der Waals surface area contributed by atoms with Gasteiger partial charge < -0.3 is 24.6 Å². The predicted molar refractivity (Wildman–Crippen MR) is 130 cm³/mol. The van der Waals surface area contributed by atoms with Crippen LogP contribution in [0, 0.1) is 17.0 Å². The number of aliphatic carboxylic acids is 1. The van der Waals surface area contributed by atoms with Crippen molar-refractivity contribution in [3.8, 4) is 11.5 Å². The fourth-order valence-corrected chi connectivity index (χ4v) is 4.21. The third kappa shape index (κ3) is 5.91. The van der Waals surface area contributed by atoms with Gasteiger partial charge in [0, 0.05) is 12.0 Å². The summed E-state index contributed by atoms with van der Waals surface area (Å²) in [7, 11) is 3.12. The van der Waals surface area contributed by atoms with E-state index in [4.69, 9.17) is 14.2 Å². The van der Waals surface area contributed by atoms with E-state index in [0.29, 0.717) is 24.5 Å². The average Bonchev–Trinajstić information content (AvgIpc) is 2.87. The average molecular weight is 502 g/mol. The number of nitrogens with one attached hydrogen (secondary N) is 1. The molecule has 1 aliphatic carbocycles. The van der Waals surface area contributed by atoms with Gasteiger partial charge in [0.15, 0.2) is 0 Å². The van der Waals surface area contributed by atoms with Crippen molar-refractivity contribution in [2.75, 3.05) is 27.4 Å². The van der Waals surface area contributed by atoms with Crippen molar-refractivity contribution in [2.24, 2.45) is 5.41 Å². The first-order valence-electron chi connectivity index (χ1n) is 11.4. The minimum absolute atomic E-state index is 0.0620. The number of methoxy groups -OCH3 is 2. The van der Waals surface area contributed by atoms with E-state index in [9.17, 15) is 23.5 Å². The van der Waals surface area contributed by atoms with Crippen LogP contribution in [-0.2, 0) is 9.53 Å². The molecule has 36 heavy (non-hydrogen) atoms. The highest BCUT2D eigenvalue weighted by Gasteiger charge is 2.36. The molecule has 0 spiro atoms. The van der Waals surface area contributed by atoms with Gasteiger partial charge in [-0.3, -0.25) is 4.79 Å². The van der Waals surface area contributed by atoms with Crippen molar-refractivity contribution < 1.29 is 37.7 Å². The highest BCUT2D eigenvalue weighted by molar-refractivity contribution is 5.97. The summed E-state index contributed by atoms with van der Waals surface area (Å²) < 4.78 is 44.8. The van der Waals surface area contributed by atoms with Crippen LogP contribution in [0.15, 0.2) is 54.6 Å². The lowest BCUT2D eigenvalue weighted by Gasteiger charge is -2.34. The Bertz CT molecular complexity index is 1140. The molecule has 2 N–H and O–H groups in total.